The molecule has 1 aromatic carbocycles. The number of aryl methyl sites for hydroxylation is 1. The SMILES string of the molecule is COc1cc(C)cc(OC[C@H]2[C@H](O)C(C)C[C@]3(C)CCCC(C)(C)[C@H]23)c1. The Morgan fingerprint density at radius 3 is 2.50 bits per heavy atom. The van der Waals surface area contributed by atoms with E-state index in [1.54, 1.807) is 7.11 Å². The molecule has 1 unspecified atom stereocenters. The Morgan fingerprint density at radius 1 is 1.12 bits per heavy atom. The topological polar surface area (TPSA) is 38.7 Å². The van der Waals surface area contributed by atoms with Crippen LogP contribution in [0.4, 0.5) is 0 Å². The van der Waals surface area contributed by atoms with E-state index in [0.29, 0.717) is 23.9 Å². The van der Waals surface area contributed by atoms with Gasteiger partial charge in [0.25, 0.3) is 0 Å². The zero-order valence-corrected chi connectivity index (χ0v) is 17.3. The largest absolute Gasteiger partial charge is 0.497 e. The van der Waals surface area contributed by atoms with E-state index in [-0.39, 0.29) is 17.4 Å². The second kappa shape index (κ2) is 7.07. The van der Waals surface area contributed by atoms with Crippen molar-refractivity contribution >= 4 is 0 Å². The van der Waals surface area contributed by atoms with Crippen LogP contribution in [-0.4, -0.2) is 24.9 Å². The standard InChI is InChI=1S/C23H36O3/c1-15-10-17(25-6)12-18(11-15)26-14-19-20(24)16(2)13-23(5)9-7-8-22(3,4)21(19)23/h10-12,16,19-21,24H,7-9,13-14H2,1-6H3/t16?,19-,20+,21-,23-/m0/s1. The monoisotopic (exact) mass is 360 g/mol. The van der Waals surface area contributed by atoms with Crippen LogP contribution in [0.25, 0.3) is 0 Å². The zero-order valence-electron chi connectivity index (χ0n) is 17.3. The van der Waals surface area contributed by atoms with Gasteiger partial charge in [-0.05, 0) is 66.5 Å². The summed E-state index contributed by atoms with van der Waals surface area (Å²) in [6.07, 6.45) is 4.63. The highest BCUT2D eigenvalue weighted by atomic mass is 16.5. The maximum absolute atomic E-state index is 11.1. The molecule has 0 amide bonds. The van der Waals surface area contributed by atoms with Crippen molar-refractivity contribution < 1.29 is 14.6 Å². The number of hydrogen-bond acceptors (Lipinski definition) is 3. The molecule has 0 aliphatic heterocycles. The lowest BCUT2D eigenvalue weighted by molar-refractivity contribution is -0.151. The molecule has 2 fully saturated rings. The fourth-order valence-corrected chi connectivity index (χ4v) is 6.31. The molecule has 1 aromatic rings. The summed E-state index contributed by atoms with van der Waals surface area (Å²) in [5, 5.41) is 11.1. The summed E-state index contributed by atoms with van der Waals surface area (Å²) in [4.78, 5) is 0. The highest BCUT2D eigenvalue weighted by molar-refractivity contribution is 5.37. The van der Waals surface area contributed by atoms with Gasteiger partial charge in [-0.2, -0.15) is 0 Å². The van der Waals surface area contributed by atoms with E-state index in [1.807, 2.05) is 25.1 Å². The van der Waals surface area contributed by atoms with Gasteiger partial charge in [0.1, 0.15) is 11.5 Å². The zero-order chi connectivity index (χ0) is 19.1. The van der Waals surface area contributed by atoms with Gasteiger partial charge < -0.3 is 14.6 Å². The highest BCUT2D eigenvalue weighted by Crippen LogP contribution is 2.60. The van der Waals surface area contributed by atoms with Crippen LogP contribution in [0, 0.1) is 35.5 Å². The molecule has 146 valence electrons. The summed E-state index contributed by atoms with van der Waals surface area (Å²) in [6, 6.07) is 5.99. The van der Waals surface area contributed by atoms with Crippen molar-refractivity contribution in [1.82, 2.24) is 0 Å². The minimum absolute atomic E-state index is 0.172. The first-order valence-electron chi connectivity index (χ1n) is 10.1. The molecule has 0 heterocycles. The summed E-state index contributed by atoms with van der Waals surface area (Å²) in [5.74, 6) is 2.64. The third kappa shape index (κ3) is 3.60. The lowest BCUT2D eigenvalue weighted by Crippen LogP contribution is -2.57. The van der Waals surface area contributed by atoms with Crippen LogP contribution in [0.1, 0.15) is 58.9 Å². The van der Waals surface area contributed by atoms with E-state index in [4.69, 9.17) is 9.47 Å². The van der Waals surface area contributed by atoms with Crippen LogP contribution in [0.5, 0.6) is 11.5 Å². The van der Waals surface area contributed by atoms with Gasteiger partial charge in [-0.3, -0.25) is 0 Å². The van der Waals surface area contributed by atoms with Gasteiger partial charge in [0.05, 0.1) is 19.8 Å². The lowest BCUT2D eigenvalue weighted by Gasteiger charge is -2.59. The molecule has 3 heteroatoms. The van der Waals surface area contributed by atoms with Gasteiger partial charge in [-0.25, -0.2) is 0 Å². The molecule has 0 spiro atoms. The fourth-order valence-electron chi connectivity index (χ4n) is 6.31. The Hall–Kier alpha value is -1.22. The van der Waals surface area contributed by atoms with Crippen molar-refractivity contribution in [3.63, 3.8) is 0 Å². The van der Waals surface area contributed by atoms with Crippen LogP contribution < -0.4 is 9.47 Å². The first kappa shape index (κ1) is 19.5. The number of benzene rings is 1. The number of rotatable bonds is 4. The molecule has 5 atom stereocenters. The van der Waals surface area contributed by atoms with E-state index in [2.05, 4.69) is 27.7 Å². The van der Waals surface area contributed by atoms with Crippen LogP contribution in [0.3, 0.4) is 0 Å². The summed E-state index contributed by atoms with van der Waals surface area (Å²) < 4.78 is 11.6. The third-order valence-electron chi connectivity index (χ3n) is 7.10. The first-order chi connectivity index (χ1) is 12.2. The molecule has 0 bridgehead atoms. The minimum atomic E-state index is -0.294. The van der Waals surface area contributed by atoms with Crippen LogP contribution in [0.15, 0.2) is 18.2 Å². The van der Waals surface area contributed by atoms with Crippen molar-refractivity contribution in [2.75, 3.05) is 13.7 Å². The number of hydrogen-bond donors (Lipinski definition) is 1. The molecule has 0 radical (unpaired) electrons. The minimum Gasteiger partial charge on any atom is -0.497 e. The average Bonchev–Trinajstić information content (AvgIpc) is 2.54. The lowest BCUT2D eigenvalue weighted by atomic mass is 9.46. The maximum atomic E-state index is 11.1. The Kier molecular flexibility index (Phi) is 5.31. The van der Waals surface area contributed by atoms with E-state index >= 15 is 0 Å². The van der Waals surface area contributed by atoms with Crippen molar-refractivity contribution in [3.8, 4) is 11.5 Å². The van der Waals surface area contributed by atoms with Crippen LogP contribution in [0.2, 0.25) is 0 Å². The van der Waals surface area contributed by atoms with Gasteiger partial charge >= 0.3 is 0 Å². The number of ether oxygens (including phenoxy) is 2. The summed E-state index contributed by atoms with van der Waals surface area (Å²) >= 11 is 0. The molecular formula is C23H36O3. The Morgan fingerprint density at radius 2 is 1.81 bits per heavy atom. The molecule has 2 aliphatic rings. The Balaban J connectivity index is 1.85. The number of aliphatic hydroxyl groups is 1. The van der Waals surface area contributed by atoms with Crippen molar-refractivity contribution in [1.29, 1.82) is 0 Å². The Bertz CT molecular complexity index is 638. The van der Waals surface area contributed by atoms with Crippen molar-refractivity contribution in [3.05, 3.63) is 23.8 Å². The maximum Gasteiger partial charge on any atom is 0.123 e. The summed E-state index contributed by atoms with van der Waals surface area (Å²) in [6.45, 7) is 12.1. The molecule has 2 saturated carbocycles. The predicted octanol–water partition coefficient (Wildman–Crippen LogP) is 5.23. The molecule has 26 heavy (non-hydrogen) atoms. The molecule has 2 aliphatic carbocycles. The molecule has 3 rings (SSSR count). The van der Waals surface area contributed by atoms with Crippen molar-refractivity contribution in [2.45, 2.75) is 66.4 Å². The quantitative estimate of drug-likeness (QED) is 0.799. The van der Waals surface area contributed by atoms with E-state index in [9.17, 15) is 5.11 Å². The molecular weight excluding hydrogens is 324 g/mol. The fraction of sp³-hybridized carbons (Fsp3) is 0.739. The third-order valence-corrected chi connectivity index (χ3v) is 7.10. The molecule has 1 N–H and O–H groups in total. The Labute approximate surface area is 159 Å². The summed E-state index contributed by atoms with van der Waals surface area (Å²) in [5.41, 5.74) is 1.67. The second-order valence-corrected chi connectivity index (χ2v) is 9.81. The number of fused-ring (bicyclic) bond motifs is 1. The van der Waals surface area contributed by atoms with Crippen LogP contribution in [-0.2, 0) is 0 Å². The molecule has 0 saturated heterocycles. The highest BCUT2D eigenvalue weighted by Gasteiger charge is 2.56. The van der Waals surface area contributed by atoms with Gasteiger partial charge in [0.2, 0.25) is 0 Å². The van der Waals surface area contributed by atoms with Gasteiger partial charge in [0, 0.05) is 12.0 Å². The number of aliphatic hydroxyl groups excluding tert-OH is 1. The second-order valence-electron chi connectivity index (χ2n) is 9.81. The smallest absolute Gasteiger partial charge is 0.123 e. The predicted molar refractivity (Wildman–Crippen MR) is 106 cm³/mol. The average molecular weight is 361 g/mol. The van der Waals surface area contributed by atoms with E-state index in [0.717, 1.165) is 23.5 Å². The van der Waals surface area contributed by atoms with Crippen molar-refractivity contribution in [2.24, 2.45) is 28.6 Å². The van der Waals surface area contributed by atoms with Crippen LogP contribution >= 0.6 is 0 Å². The molecule has 3 nitrogen and oxygen atoms in total. The van der Waals surface area contributed by atoms with E-state index < -0.39 is 0 Å². The normalized spacial score (nSPS) is 36.3. The van der Waals surface area contributed by atoms with Gasteiger partial charge in [-0.1, -0.05) is 34.1 Å². The molecule has 0 aromatic heterocycles. The van der Waals surface area contributed by atoms with Gasteiger partial charge in [0.15, 0.2) is 0 Å². The summed E-state index contributed by atoms with van der Waals surface area (Å²) in [7, 11) is 1.68. The number of methoxy groups -OCH3 is 1. The van der Waals surface area contributed by atoms with E-state index in [1.165, 1.54) is 19.3 Å². The van der Waals surface area contributed by atoms with Gasteiger partial charge in [-0.15, -0.1) is 0 Å². The first-order valence-corrected chi connectivity index (χ1v) is 10.1.